The van der Waals surface area contributed by atoms with Crippen molar-refractivity contribution >= 4 is 34.8 Å². The van der Waals surface area contributed by atoms with E-state index in [9.17, 15) is 9.59 Å². The molecule has 0 spiro atoms. The maximum atomic E-state index is 12.4. The van der Waals surface area contributed by atoms with E-state index in [1.165, 1.54) is 0 Å². The van der Waals surface area contributed by atoms with Crippen LogP contribution in [0.3, 0.4) is 0 Å². The normalized spacial score (nSPS) is 16.5. The second-order valence-electron chi connectivity index (χ2n) is 8.68. The molecule has 1 fully saturated rings. The van der Waals surface area contributed by atoms with E-state index < -0.39 is 0 Å². The van der Waals surface area contributed by atoms with E-state index in [-0.39, 0.29) is 11.2 Å². The van der Waals surface area contributed by atoms with Crippen LogP contribution in [0.2, 0.25) is 10.0 Å². The maximum Gasteiger partial charge on any atom is 0.162 e. The zero-order valence-corrected chi connectivity index (χ0v) is 18.2. The van der Waals surface area contributed by atoms with Crippen molar-refractivity contribution in [3.63, 3.8) is 0 Å². The van der Waals surface area contributed by atoms with Crippen LogP contribution >= 0.6 is 23.2 Å². The molecule has 0 amide bonds. The van der Waals surface area contributed by atoms with Crippen molar-refractivity contribution in [2.45, 2.75) is 59.3 Å². The molecule has 1 aliphatic rings. The lowest BCUT2D eigenvalue weighted by molar-refractivity contribution is -0.126. The molecule has 27 heavy (non-hydrogen) atoms. The smallest absolute Gasteiger partial charge is 0.162 e. The lowest BCUT2D eigenvalue weighted by Crippen LogP contribution is -2.35. The molecule has 0 aromatic heterocycles. The number of carbonyl (C=O) groups is 2. The van der Waals surface area contributed by atoms with Crippen molar-refractivity contribution in [3.8, 4) is 0 Å². The van der Waals surface area contributed by atoms with Crippen LogP contribution in [0.25, 0.3) is 0 Å². The number of halogens is 2. The molecule has 1 aromatic rings. The lowest BCUT2D eigenvalue weighted by Gasteiger charge is -2.32. The Morgan fingerprint density at radius 1 is 1.04 bits per heavy atom. The Morgan fingerprint density at radius 3 is 2.19 bits per heavy atom. The topological polar surface area (TPSA) is 37.4 Å². The molecule has 0 N–H and O–H groups in total. The van der Waals surface area contributed by atoms with Gasteiger partial charge in [0.25, 0.3) is 0 Å². The Balaban J connectivity index is 1.67. The average Bonchev–Trinajstić information content (AvgIpc) is 2.59. The van der Waals surface area contributed by atoms with Gasteiger partial charge >= 0.3 is 0 Å². The van der Waals surface area contributed by atoms with Crippen molar-refractivity contribution < 1.29 is 9.59 Å². The quantitative estimate of drug-likeness (QED) is 0.487. The van der Waals surface area contributed by atoms with Gasteiger partial charge in [-0.05, 0) is 69.4 Å². The highest BCUT2D eigenvalue weighted by molar-refractivity contribution is 6.35. The van der Waals surface area contributed by atoms with Gasteiger partial charge in [-0.3, -0.25) is 9.59 Å². The Morgan fingerprint density at radius 2 is 1.63 bits per heavy atom. The van der Waals surface area contributed by atoms with Gasteiger partial charge in [0.15, 0.2) is 5.78 Å². The molecule has 0 saturated carbocycles. The van der Waals surface area contributed by atoms with Gasteiger partial charge in [0.2, 0.25) is 0 Å². The van der Waals surface area contributed by atoms with Crippen LogP contribution in [-0.2, 0) is 4.79 Å². The third-order valence-corrected chi connectivity index (χ3v) is 5.82. The summed E-state index contributed by atoms with van der Waals surface area (Å²) in [5.41, 5.74) is 0.376. The molecule has 1 saturated heterocycles. The molecular weight excluding hydrogens is 381 g/mol. The first-order chi connectivity index (χ1) is 12.6. The predicted molar refractivity (Wildman–Crippen MR) is 113 cm³/mol. The number of carbonyl (C=O) groups excluding carboxylic acids is 2. The monoisotopic (exact) mass is 411 g/mol. The molecule has 0 radical (unpaired) electrons. The van der Waals surface area contributed by atoms with Gasteiger partial charge in [-0.15, -0.1) is 0 Å². The first-order valence-electron chi connectivity index (χ1n) is 9.90. The van der Waals surface area contributed by atoms with E-state index in [1.54, 1.807) is 18.2 Å². The number of nitrogens with zero attached hydrogens (tertiary/aromatic N) is 1. The lowest BCUT2D eigenvalue weighted by atomic mass is 9.88. The largest absolute Gasteiger partial charge is 0.303 e. The number of likely N-dealkylation sites (tertiary alicyclic amines) is 1. The zero-order valence-electron chi connectivity index (χ0n) is 16.7. The van der Waals surface area contributed by atoms with Crippen molar-refractivity contribution in [2.24, 2.45) is 11.3 Å². The zero-order chi connectivity index (χ0) is 20.0. The maximum absolute atomic E-state index is 12.4. The summed E-state index contributed by atoms with van der Waals surface area (Å²) in [6.07, 6.45) is 5.31. The number of benzene rings is 1. The summed E-state index contributed by atoms with van der Waals surface area (Å²) in [5.74, 6) is 1.05. The fourth-order valence-corrected chi connectivity index (χ4v) is 4.06. The van der Waals surface area contributed by atoms with Gasteiger partial charge in [0, 0.05) is 33.9 Å². The van der Waals surface area contributed by atoms with E-state index in [1.807, 2.05) is 20.8 Å². The van der Waals surface area contributed by atoms with Crippen LogP contribution in [0.15, 0.2) is 18.2 Å². The Kier molecular flexibility index (Phi) is 8.33. The summed E-state index contributed by atoms with van der Waals surface area (Å²) in [5, 5.41) is 1.01. The molecule has 1 aliphatic heterocycles. The minimum atomic E-state index is -0.229. The summed E-state index contributed by atoms with van der Waals surface area (Å²) in [4.78, 5) is 26.8. The molecule has 2 rings (SSSR count). The first-order valence-corrected chi connectivity index (χ1v) is 10.7. The molecule has 150 valence electrons. The number of ketones is 2. The molecule has 1 heterocycles. The van der Waals surface area contributed by atoms with Crippen molar-refractivity contribution in [1.82, 2.24) is 4.90 Å². The summed E-state index contributed by atoms with van der Waals surface area (Å²) < 4.78 is 0. The Labute approximate surface area is 173 Å². The van der Waals surface area contributed by atoms with E-state index in [0.29, 0.717) is 40.2 Å². The van der Waals surface area contributed by atoms with Crippen LogP contribution in [-0.4, -0.2) is 36.1 Å². The third-order valence-electron chi connectivity index (χ3n) is 5.39. The highest BCUT2D eigenvalue weighted by atomic mass is 35.5. The molecule has 0 aliphatic carbocycles. The van der Waals surface area contributed by atoms with E-state index in [2.05, 4.69) is 4.90 Å². The molecule has 3 nitrogen and oxygen atoms in total. The average molecular weight is 412 g/mol. The fourth-order valence-electron chi connectivity index (χ4n) is 3.53. The number of hydrogen-bond donors (Lipinski definition) is 0. The summed E-state index contributed by atoms with van der Waals surface area (Å²) >= 11 is 12.0. The second kappa shape index (κ2) is 10.0. The van der Waals surface area contributed by atoms with Crippen LogP contribution in [0.1, 0.15) is 69.7 Å². The number of Topliss-reactive ketones (excluding diaryl/α,β-unsaturated/α-hetero) is 2. The second-order valence-corrected chi connectivity index (χ2v) is 9.55. The van der Waals surface area contributed by atoms with Crippen molar-refractivity contribution in [1.29, 1.82) is 0 Å². The highest BCUT2D eigenvalue weighted by Gasteiger charge is 2.23. The Hall–Kier alpha value is -0.900. The van der Waals surface area contributed by atoms with E-state index in [4.69, 9.17) is 23.2 Å². The van der Waals surface area contributed by atoms with Crippen LogP contribution in [0, 0.1) is 11.3 Å². The molecule has 5 heteroatoms. The van der Waals surface area contributed by atoms with Crippen molar-refractivity contribution in [2.75, 3.05) is 19.6 Å². The minimum Gasteiger partial charge on any atom is -0.303 e. The summed E-state index contributed by atoms with van der Waals surface area (Å²) in [7, 11) is 0. The molecule has 0 atom stereocenters. The van der Waals surface area contributed by atoms with Crippen LogP contribution in [0.4, 0.5) is 0 Å². The SMILES string of the molecule is CC(C)(C)C(=O)CCCN1CCC(CCC(=O)c2cc(Cl)cc(Cl)c2)CC1. The fraction of sp³-hybridized carbons (Fsp3) is 0.636. The molecule has 0 unspecified atom stereocenters. The van der Waals surface area contributed by atoms with Gasteiger partial charge in [-0.2, -0.15) is 0 Å². The van der Waals surface area contributed by atoms with Crippen molar-refractivity contribution in [3.05, 3.63) is 33.8 Å². The standard InChI is InChI=1S/C22H31Cl2NO2/c1-22(2,3)21(27)5-4-10-25-11-8-16(9-12-25)6-7-20(26)17-13-18(23)15-19(24)14-17/h13-16H,4-12H2,1-3H3. The van der Waals surface area contributed by atoms with Gasteiger partial charge in [-0.25, -0.2) is 0 Å². The van der Waals surface area contributed by atoms with Gasteiger partial charge in [0.1, 0.15) is 5.78 Å². The van der Waals surface area contributed by atoms with E-state index >= 15 is 0 Å². The van der Waals surface area contributed by atoms with Gasteiger partial charge < -0.3 is 4.90 Å². The Bertz CT molecular complexity index is 639. The number of piperidine rings is 1. The summed E-state index contributed by atoms with van der Waals surface area (Å²) in [6.45, 7) is 9.07. The van der Waals surface area contributed by atoms with Crippen LogP contribution < -0.4 is 0 Å². The first kappa shape index (κ1) is 22.4. The summed E-state index contributed by atoms with van der Waals surface area (Å²) in [6, 6.07) is 5.03. The predicted octanol–water partition coefficient (Wildman–Crippen LogP) is 6.06. The van der Waals surface area contributed by atoms with Crippen LogP contribution in [0.5, 0.6) is 0 Å². The van der Waals surface area contributed by atoms with Gasteiger partial charge in [-0.1, -0.05) is 44.0 Å². The molecular formula is C22H31Cl2NO2. The van der Waals surface area contributed by atoms with E-state index in [0.717, 1.165) is 45.3 Å². The highest BCUT2D eigenvalue weighted by Crippen LogP contribution is 2.25. The van der Waals surface area contributed by atoms with Gasteiger partial charge in [0.05, 0.1) is 0 Å². The number of hydrogen-bond acceptors (Lipinski definition) is 3. The molecule has 1 aromatic carbocycles. The minimum absolute atomic E-state index is 0.113. The third kappa shape index (κ3) is 7.56. The molecule has 0 bridgehead atoms. The number of rotatable bonds is 8.